The third-order valence-corrected chi connectivity index (χ3v) is 7.82. The summed E-state index contributed by atoms with van der Waals surface area (Å²) < 4.78 is 27.2. The summed E-state index contributed by atoms with van der Waals surface area (Å²) >= 11 is 1.60. The molecule has 1 fully saturated rings. The van der Waals surface area contributed by atoms with Crippen LogP contribution in [0.3, 0.4) is 0 Å². The molecule has 0 spiro atoms. The second kappa shape index (κ2) is 9.03. The maximum atomic E-state index is 12.9. The summed E-state index contributed by atoms with van der Waals surface area (Å²) in [7, 11) is -3.51. The molecule has 0 aliphatic carbocycles. The first-order valence-corrected chi connectivity index (χ1v) is 11.8. The molecular weight excluding hydrogens is 392 g/mol. The molecule has 1 aromatic heterocycles. The summed E-state index contributed by atoms with van der Waals surface area (Å²) in [6.45, 7) is 7.93. The van der Waals surface area contributed by atoms with Crippen LogP contribution in [0.4, 0.5) is 0 Å². The Kier molecular flexibility index (Phi) is 6.69. The Bertz CT molecular complexity index is 898. The summed E-state index contributed by atoms with van der Waals surface area (Å²) in [4.78, 5) is 15.9. The number of nitrogens with zero attached hydrogens (tertiary/aromatic N) is 2. The van der Waals surface area contributed by atoms with Crippen molar-refractivity contribution in [3.8, 4) is 0 Å². The lowest BCUT2D eigenvalue weighted by Gasteiger charge is -2.29. The fraction of sp³-hybridized carbons (Fsp3) is 0.381. The van der Waals surface area contributed by atoms with Crippen molar-refractivity contribution in [1.82, 2.24) is 9.21 Å². The summed E-state index contributed by atoms with van der Waals surface area (Å²) in [5.41, 5.74) is 0.477. The first-order valence-electron chi connectivity index (χ1n) is 9.44. The highest BCUT2D eigenvalue weighted by atomic mass is 32.2. The van der Waals surface area contributed by atoms with E-state index in [0.29, 0.717) is 37.7 Å². The minimum absolute atomic E-state index is 0.135. The van der Waals surface area contributed by atoms with Crippen LogP contribution < -0.4 is 0 Å². The van der Waals surface area contributed by atoms with E-state index in [4.69, 9.17) is 0 Å². The van der Waals surface area contributed by atoms with Gasteiger partial charge in [-0.3, -0.25) is 4.79 Å². The van der Waals surface area contributed by atoms with E-state index in [1.54, 1.807) is 38.8 Å². The lowest BCUT2D eigenvalue weighted by Crippen LogP contribution is -2.37. The molecule has 0 N–H and O–H groups in total. The van der Waals surface area contributed by atoms with Crippen molar-refractivity contribution < 1.29 is 13.2 Å². The zero-order valence-electron chi connectivity index (χ0n) is 16.1. The van der Waals surface area contributed by atoms with Gasteiger partial charge >= 0.3 is 0 Å². The van der Waals surface area contributed by atoms with Gasteiger partial charge in [0.15, 0.2) is 0 Å². The van der Waals surface area contributed by atoms with Gasteiger partial charge in [-0.15, -0.1) is 17.9 Å². The van der Waals surface area contributed by atoms with E-state index >= 15 is 0 Å². The molecule has 0 atom stereocenters. The van der Waals surface area contributed by atoms with Crippen LogP contribution in [0.15, 0.2) is 59.3 Å². The molecule has 1 amide bonds. The van der Waals surface area contributed by atoms with Crippen LogP contribution in [0.2, 0.25) is 0 Å². The van der Waals surface area contributed by atoms with Gasteiger partial charge in [-0.25, -0.2) is 8.42 Å². The van der Waals surface area contributed by atoms with Crippen LogP contribution in [0.1, 0.15) is 35.0 Å². The van der Waals surface area contributed by atoms with Gasteiger partial charge in [0.25, 0.3) is 5.91 Å². The van der Waals surface area contributed by atoms with E-state index in [1.165, 1.54) is 12.1 Å². The van der Waals surface area contributed by atoms with Crippen LogP contribution in [0.5, 0.6) is 0 Å². The van der Waals surface area contributed by atoms with Gasteiger partial charge in [0, 0.05) is 30.1 Å². The average molecular weight is 419 g/mol. The maximum Gasteiger partial charge on any atom is 0.254 e. The Hall–Kier alpha value is -1.96. The molecule has 7 heteroatoms. The first-order chi connectivity index (χ1) is 13.4. The maximum absolute atomic E-state index is 12.9. The average Bonchev–Trinajstić information content (AvgIpc) is 3.21. The van der Waals surface area contributed by atoms with Gasteiger partial charge in [-0.2, -0.15) is 4.31 Å². The highest BCUT2D eigenvalue weighted by Crippen LogP contribution is 2.24. The van der Waals surface area contributed by atoms with Gasteiger partial charge in [-0.05, 0) is 54.5 Å². The van der Waals surface area contributed by atoms with E-state index in [0.717, 1.165) is 17.7 Å². The fourth-order valence-electron chi connectivity index (χ4n) is 3.29. The zero-order chi connectivity index (χ0) is 20.1. The van der Waals surface area contributed by atoms with Gasteiger partial charge in [0.2, 0.25) is 10.0 Å². The fourth-order valence-corrected chi connectivity index (χ4v) is 5.48. The second-order valence-corrected chi connectivity index (χ2v) is 10.1. The lowest BCUT2D eigenvalue weighted by molar-refractivity contribution is 0.0764. The largest absolute Gasteiger partial charge is 0.330 e. The molecular formula is C21H26N2O3S2. The van der Waals surface area contributed by atoms with Crippen molar-refractivity contribution in [1.29, 1.82) is 0 Å². The standard InChI is InChI=1S/C21H26N2O3S2/c1-3-12-22(16-19-5-4-15-27-19)21(24)18-6-8-20(9-7-18)28(25,26)23-13-10-17(2)11-14-23/h3-9,15,17H,1,10-14,16H2,2H3. The molecule has 150 valence electrons. The Morgan fingerprint density at radius 2 is 1.93 bits per heavy atom. The highest BCUT2D eigenvalue weighted by molar-refractivity contribution is 7.89. The number of thiophene rings is 1. The number of sulfonamides is 1. The number of hydrogen-bond acceptors (Lipinski definition) is 4. The topological polar surface area (TPSA) is 57.7 Å². The van der Waals surface area contributed by atoms with Gasteiger partial charge in [0.1, 0.15) is 0 Å². The summed E-state index contributed by atoms with van der Waals surface area (Å²) in [5.74, 6) is 0.426. The van der Waals surface area contributed by atoms with Gasteiger partial charge < -0.3 is 4.90 Å². The highest BCUT2D eigenvalue weighted by Gasteiger charge is 2.28. The summed E-state index contributed by atoms with van der Waals surface area (Å²) in [6, 6.07) is 10.2. The first kappa shape index (κ1) is 20.8. The van der Waals surface area contributed by atoms with Crippen LogP contribution >= 0.6 is 11.3 Å². The molecule has 0 unspecified atom stereocenters. The molecule has 1 aliphatic rings. The van der Waals surface area contributed by atoms with Crippen molar-refractivity contribution in [2.75, 3.05) is 19.6 Å². The van der Waals surface area contributed by atoms with E-state index in [2.05, 4.69) is 13.5 Å². The molecule has 1 aliphatic heterocycles. The molecule has 28 heavy (non-hydrogen) atoms. The molecule has 0 saturated carbocycles. The van der Waals surface area contributed by atoms with Crippen molar-refractivity contribution in [2.45, 2.75) is 31.2 Å². The van der Waals surface area contributed by atoms with Crippen LogP contribution in [-0.4, -0.2) is 43.2 Å². The molecule has 1 aromatic carbocycles. The molecule has 3 rings (SSSR count). The Morgan fingerprint density at radius 1 is 1.25 bits per heavy atom. The Labute approximate surface area is 171 Å². The van der Waals surface area contributed by atoms with Crippen molar-refractivity contribution >= 4 is 27.3 Å². The van der Waals surface area contributed by atoms with Crippen molar-refractivity contribution in [2.24, 2.45) is 5.92 Å². The number of carbonyl (C=O) groups excluding carboxylic acids is 1. The van der Waals surface area contributed by atoms with Crippen LogP contribution in [0, 0.1) is 5.92 Å². The third kappa shape index (κ3) is 4.71. The normalized spacial score (nSPS) is 16.0. The van der Waals surface area contributed by atoms with Crippen molar-refractivity contribution in [3.63, 3.8) is 0 Å². The number of piperidine rings is 1. The molecule has 0 bridgehead atoms. The minimum atomic E-state index is -3.51. The zero-order valence-corrected chi connectivity index (χ0v) is 17.7. The summed E-state index contributed by atoms with van der Waals surface area (Å²) in [6.07, 6.45) is 3.46. The predicted octanol–water partition coefficient (Wildman–Crippen LogP) is 4.00. The number of hydrogen-bond donors (Lipinski definition) is 0. The summed E-state index contributed by atoms with van der Waals surface area (Å²) in [5, 5.41) is 1.98. The Balaban J connectivity index is 1.75. The smallest absolute Gasteiger partial charge is 0.254 e. The molecule has 2 heterocycles. The number of rotatable bonds is 7. The second-order valence-electron chi connectivity index (χ2n) is 7.16. The van der Waals surface area contributed by atoms with Gasteiger partial charge in [-0.1, -0.05) is 19.1 Å². The van der Waals surface area contributed by atoms with Crippen LogP contribution in [-0.2, 0) is 16.6 Å². The van der Waals surface area contributed by atoms with E-state index in [1.807, 2.05) is 17.5 Å². The number of amides is 1. The number of benzene rings is 1. The third-order valence-electron chi connectivity index (χ3n) is 5.05. The minimum Gasteiger partial charge on any atom is -0.330 e. The van der Waals surface area contributed by atoms with E-state index in [-0.39, 0.29) is 10.8 Å². The van der Waals surface area contributed by atoms with Crippen molar-refractivity contribution in [3.05, 3.63) is 64.9 Å². The predicted molar refractivity (Wildman–Crippen MR) is 113 cm³/mol. The molecule has 2 aromatic rings. The molecule has 5 nitrogen and oxygen atoms in total. The SMILES string of the molecule is C=CCN(Cc1cccs1)C(=O)c1ccc(S(=O)(=O)N2CCC(C)CC2)cc1. The van der Waals surface area contributed by atoms with E-state index < -0.39 is 10.0 Å². The number of carbonyl (C=O) groups is 1. The lowest BCUT2D eigenvalue weighted by atomic mass is 10.0. The quantitative estimate of drug-likeness (QED) is 0.639. The van der Waals surface area contributed by atoms with Crippen LogP contribution in [0.25, 0.3) is 0 Å². The molecule has 0 radical (unpaired) electrons. The van der Waals surface area contributed by atoms with Gasteiger partial charge in [0.05, 0.1) is 11.4 Å². The monoisotopic (exact) mass is 418 g/mol. The van der Waals surface area contributed by atoms with E-state index in [9.17, 15) is 13.2 Å². The molecule has 1 saturated heterocycles. The Morgan fingerprint density at radius 3 is 2.50 bits per heavy atom.